The van der Waals surface area contributed by atoms with Gasteiger partial charge in [0.15, 0.2) is 5.65 Å². The van der Waals surface area contributed by atoms with E-state index in [-0.39, 0.29) is 18.4 Å². The third-order valence-electron chi connectivity index (χ3n) is 4.50. The summed E-state index contributed by atoms with van der Waals surface area (Å²) in [7, 11) is 0. The highest BCUT2D eigenvalue weighted by Gasteiger charge is 2.31. The summed E-state index contributed by atoms with van der Waals surface area (Å²) in [5.74, 6) is 2.14. The van der Waals surface area contributed by atoms with Crippen molar-refractivity contribution >= 4 is 23.3 Å². The maximum atomic E-state index is 12.1. The van der Waals surface area contributed by atoms with Gasteiger partial charge >= 0.3 is 6.03 Å². The van der Waals surface area contributed by atoms with Gasteiger partial charge in [-0.05, 0) is 12.5 Å². The quantitative estimate of drug-likeness (QED) is 0.765. The fourth-order valence-corrected chi connectivity index (χ4v) is 3.21. The van der Waals surface area contributed by atoms with Crippen molar-refractivity contribution < 1.29 is 9.59 Å². The monoisotopic (exact) mass is 324 g/mol. The Morgan fingerprint density at radius 1 is 1.38 bits per heavy atom. The topological polar surface area (TPSA) is 91.6 Å². The number of hydrogen-bond donors (Lipinski definition) is 2. The lowest BCUT2D eigenvalue weighted by Crippen LogP contribution is -2.51. The van der Waals surface area contributed by atoms with E-state index in [1.807, 2.05) is 6.07 Å². The first kappa shape index (κ1) is 14.5. The molecule has 0 bridgehead atoms. The molecule has 0 spiro atoms. The molecule has 2 unspecified atom stereocenters. The summed E-state index contributed by atoms with van der Waals surface area (Å²) in [6, 6.07) is 1.40. The van der Waals surface area contributed by atoms with Crippen LogP contribution in [0.5, 0.6) is 0 Å². The summed E-state index contributed by atoms with van der Waals surface area (Å²) in [5.41, 5.74) is 2.24. The summed E-state index contributed by atoms with van der Waals surface area (Å²) in [6.45, 7) is 1.83. The summed E-state index contributed by atoms with van der Waals surface area (Å²) >= 11 is 0. The molecular weight excluding hydrogens is 308 g/mol. The number of terminal acetylenes is 1. The van der Waals surface area contributed by atoms with E-state index in [1.165, 1.54) is 0 Å². The largest absolute Gasteiger partial charge is 0.367 e. The van der Waals surface area contributed by atoms with Crippen LogP contribution in [0.1, 0.15) is 18.0 Å². The normalized spacial score (nSPS) is 23.9. The third-order valence-corrected chi connectivity index (χ3v) is 4.50. The number of anilines is 1. The van der Waals surface area contributed by atoms with Crippen molar-refractivity contribution in [2.45, 2.75) is 12.3 Å². The predicted octanol–water partition coefficient (Wildman–Crippen LogP) is 0.112. The van der Waals surface area contributed by atoms with Gasteiger partial charge < -0.3 is 10.2 Å². The van der Waals surface area contributed by atoms with E-state index in [4.69, 9.17) is 6.42 Å². The highest BCUT2D eigenvalue weighted by Crippen LogP contribution is 2.29. The van der Waals surface area contributed by atoms with E-state index in [1.54, 1.807) is 16.9 Å². The molecule has 8 nitrogen and oxygen atoms in total. The first-order chi connectivity index (χ1) is 11.7. The maximum Gasteiger partial charge on any atom is 0.321 e. The highest BCUT2D eigenvalue weighted by atomic mass is 16.2. The molecule has 24 heavy (non-hydrogen) atoms. The minimum atomic E-state index is -0.528. The van der Waals surface area contributed by atoms with Gasteiger partial charge in [-0.2, -0.15) is 5.10 Å². The number of rotatable bonds is 2. The Balaban J connectivity index is 1.74. The average molecular weight is 324 g/mol. The number of imide groups is 1. The number of aromatic nitrogens is 3. The number of carbonyl (C=O) groups is 2. The molecule has 0 radical (unpaired) electrons. The molecule has 4 heterocycles. The van der Waals surface area contributed by atoms with Gasteiger partial charge in [0.05, 0.1) is 17.3 Å². The minimum absolute atomic E-state index is 0.217. The number of urea groups is 1. The van der Waals surface area contributed by atoms with Crippen LogP contribution in [-0.4, -0.2) is 46.2 Å². The Hall–Kier alpha value is -3.08. The molecule has 2 fully saturated rings. The number of hydrogen-bond acceptors (Lipinski definition) is 5. The second-order valence-corrected chi connectivity index (χ2v) is 6.00. The van der Waals surface area contributed by atoms with Gasteiger partial charge in [-0.15, -0.1) is 12.3 Å². The third kappa shape index (κ3) is 2.34. The Bertz CT molecular complexity index is 867. The molecule has 0 saturated carbocycles. The zero-order valence-corrected chi connectivity index (χ0v) is 12.9. The predicted molar refractivity (Wildman–Crippen MR) is 86.4 cm³/mol. The van der Waals surface area contributed by atoms with E-state index in [0.717, 1.165) is 30.8 Å². The Morgan fingerprint density at radius 2 is 2.25 bits per heavy atom. The molecule has 4 rings (SSSR count). The zero-order chi connectivity index (χ0) is 16.7. The van der Waals surface area contributed by atoms with Crippen molar-refractivity contribution in [1.82, 2.24) is 25.2 Å². The van der Waals surface area contributed by atoms with E-state index >= 15 is 0 Å². The number of amides is 3. The maximum absolute atomic E-state index is 12.1. The summed E-state index contributed by atoms with van der Waals surface area (Å²) in [5, 5.41) is 9.39. The van der Waals surface area contributed by atoms with Crippen LogP contribution >= 0.6 is 0 Å². The van der Waals surface area contributed by atoms with Crippen molar-refractivity contribution in [1.29, 1.82) is 0 Å². The molecule has 2 atom stereocenters. The van der Waals surface area contributed by atoms with Crippen LogP contribution in [-0.2, 0) is 4.79 Å². The fraction of sp³-hybridized carbons (Fsp3) is 0.375. The number of nitrogens with zero attached hydrogens (tertiary/aromatic N) is 4. The van der Waals surface area contributed by atoms with E-state index < -0.39 is 11.9 Å². The van der Waals surface area contributed by atoms with Gasteiger partial charge in [-0.3, -0.25) is 10.1 Å². The molecule has 0 aromatic carbocycles. The Kier molecular flexibility index (Phi) is 3.34. The summed E-state index contributed by atoms with van der Waals surface area (Å²) in [6.07, 6.45) is 9.89. The first-order valence-electron chi connectivity index (χ1n) is 7.80. The second-order valence-electron chi connectivity index (χ2n) is 6.00. The summed E-state index contributed by atoms with van der Waals surface area (Å²) < 4.78 is 1.66. The molecule has 2 aliphatic rings. The van der Waals surface area contributed by atoms with Crippen LogP contribution < -0.4 is 15.5 Å². The lowest BCUT2D eigenvalue weighted by Gasteiger charge is -2.24. The van der Waals surface area contributed by atoms with E-state index in [9.17, 15) is 9.59 Å². The van der Waals surface area contributed by atoms with Gasteiger partial charge in [-0.1, -0.05) is 0 Å². The van der Waals surface area contributed by atoms with Crippen LogP contribution in [0, 0.1) is 18.3 Å². The summed E-state index contributed by atoms with van der Waals surface area (Å²) in [4.78, 5) is 29.9. The standard InChI is InChI=1S/C16H16N6O2/c1-2-10-3-5-21(9-10)13-7-12(20-22-6-4-17-14(13)22)11-8-18-16(24)19-15(11)23/h1,4,6-7,10-11H,3,5,8-9H2,(H2,18,19,23,24). The Morgan fingerprint density at radius 3 is 3.00 bits per heavy atom. The average Bonchev–Trinajstić information content (AvgIpc) is 3.23. The van der Waals surface area contributed by atoms with Crippen LogP contribution in [0.4, 0.5) is 10.5 Å². The number of nitrogens with one attached hydrogen (secondary N) is 2. The van der Waals surface area contributed by atoms with Crippen molar-refractivity contribution in [3.05, 3.63) is 24.2 Å². The number of fused-ring (bicyclic) bond motifs is 1. The van der Waals surface area contributed by atoms with Crippen LogP contribution in [0.2, 0.25) is 0 Å². The van der Waals surface area contributed by atoms with Crippen molar-refractivity contribution in [3.8, 4) is 12.3 Å². The van der Waals surface area contributed by atoms with Gasteiger partial charge in [0, 0.05) is 37.9 Å². The molecule has 2 N–H and O–H groups in total. The van der Waals surface area contributed by atoms with E-state index in [0.29, 0.717) is 5.69 Å². The van der Waals surface area contributed by atoms with Crippen molar-refractivity contribution in [2.24, 2.45) is 5.92 Å². The SMILES string of the molecule is C#CC1CCN(c2cc(C3CNC(=O)NC3=O)nn3ccnc23)C1. The zero-order valence-electron chi connectivity index (χ0n) is 12.9. The fourth-order valence-electron chi connectivity index (χ4n) is 3.21. The second kappa shape index (κ2) is 5.53. The molecule has 2 aromatic heterocycles. The number of carbonyl (C=O) groups excluding carboxylic acids is 2. The molecule has 0 aliphatic carbocycles. The molecule has 2 aliphatic heterocycles. The molecule has 2 aromatic rings. The van der Waals surface area contributed by atoms with Gasteiger partial charge in [0.1, 0.15) is 0 Å². The molecule has 2 saturated heterocycles. The minimum Gasteiger partial charge on any atom is -0.367 e. The lowest BCUT2D eigenvalue weighted by molar-refractivity contribution is -0.122. The van der Waals surface area contributed by atoms with Crippen LogP contribution in [0.3, 0.4) is 0 Å². The highest BCUT2D eigenvalue weighted by molar-refractivity contribution is 6.00. The molecule has 122 valence electrons. The number of imidazole rings is 1. The van der Waals surface area contributed by atoms with Gasteiger partial charge in [0.25, 0.3) is 0 Å². The lowest BCUT2D eigenvalue weighted by atomic mass is 10.0. The molecular formula is C16H16N6O2. The smallest absolute Gasteiger partial charge is 0.321 e. The van der Waals surface area contributed by atoms with Gasteiger partial charge in [0.2, 0.25) is 5.91 Å². The van der Waals surface area contributed by atoms with Crippen LogP contribution in [0.25, 0.3) is 5.65 Å². The molecule has 3 amide bonds. The molecule has 8 heteroatoms. The van der Waals surface area contributed by atoms with Crippen LogP contribution in [0.15, 0.2) is 18.5 Å². The Labute approximate surface area is 138 Å². The first-order valence-corrected chi connectivity index (χ1v) is 7.80. The van der Waals surface area contributed by atoms with Crippen molar-refractivity contribution in [2.75, 3.05) is 24.5 Å². The van der Waals surface area contributed by atoms with Crippen molar-refractivity contribution in [3.63, 3.8) is 0 Å². The van der Waals surface area contributed by atoms with E-state index in [2.05, 4.69) is 31.5 Å². The van der Waals surface area contributed by atoms with Gasteiger partial charge in [-0.25, -0.2) is 14.3 Å².